The lowest BCUT2D eigenvalue weighted by Gasteiger charge is -2.30. The Bertz CT molecular complexity index is 1700. The normalized spacial score (nSPS) is 14.7. The van der Waals surface area contributed by atoms with E-state index in [0.29, 0.717) is 33.5 Å². The molecule has 0 bridgehead atoms. The van der Waals surface area contributed by atoms with Gasteiger partial charge in [0.15, 0.2) is 11.6 Å². The van der Waals surface area contributed by atoms with E-state index in [0.717, 1.165) is 0 Å². The number of rotatable bonds is 5. The zero-order chi connectivity index (χ0) is 25.7. The monoisotopic (exact) mass is 507 g/mol. The van der Waals surface area contributed by atoms with Crippen LogP contribution in [0, 0.1) is 0 Å². The van der Waals surface area contributed by atoms with Crippen molar-refractivity contribution in [1.29, 1.82) is 0 Å². The van der Waals surface area contributed by atoms with Crippen LogP contribution in [0.15, 0.2) is 70.6 Å². The third-order valence-corrected chi connectivity index (χ3v) is 6.84. The highest BCUT2D eigenvalue weighted by molar-refractivity contribution is 7.89. The van der Waals surface area contributed by atoms with Crippen molar-refractivity contribution in [1.82, 2.24) is 9.97 Å². The van der Waals surface area contributed by atoms with Gasteiger partial charge in [-0.3, -0.25) is 4.79 Å². The Balaban J connectivity index is 1.61. The average molecular weight is 508 g/mol. The third kappa shape index (κ3) is 4.28. The number of benzene rings is 2. The van der Waals surface area contributed by atoms with Crippen LogP contribution in [-0.4, -0.2) is 43.0 Å². The summed E-state index contributed by atoms with van der Waals surface area (Å²) in [5, 5.41) is 12.6. The Hall–Kier alpha value is -4.26. The first-order chi connectivity index (χ1) is 17.0. The molecular formula is C24H23N6O5S+. The van der Waals surface area contributed by atoms with Crippen molar-refractivity contribution < 1.29 is 22.7 Å². The second-order valence-electron chi connectivity index (χ2n) is 8.74. The van der Waals surface area contributed by atoms with E-state index < -0.39 is 10.0 Å². The van der Waals surface area contributed by atoms with Gasteiger partial charge in [0.1, 0.15) is 19.0 Å². The van der Waals surface area contributed by atoms with Crippen LogP contribution in [0.4, 0.5) is 22.9 Å². The van der Waals surface area contributed by atoms with Gasteiger partial charge >= 0.3 is 5.91 Å². The van der Waals surface area contributed by atoms with Crippen LogP contribution in [0.5, 0.6) is 5.75 Å². The Kier molecular flexibility index (Phi) is 5.51. The van der Waals surface area contributed by atoms with E-state index in [1.54, 1.807) is 56.6 Å². The van der Waals surface area contributed by atoms with Gasteiger partial charge in [-0.05, 0) is 36.4 Å². The SMILES string of the molecule is C[N+]1(C)Oc2ccc(Nc3c(Nc4ccccc4S(N)(=O)=O)ncc4c(=O)[nH]ccc34)cc2CC1=O. The van der Waals surface area contributed by atoms with Gasteiger partial charge in [0, 0.05) is 29.0 Å². The summed E-state index contributed by atoms with van der Waals surface area (Å²) in [7, 11) is -0.663. The van der Waals surface area contributed by atoms with Crippen molar-refractivity contribution in [3.8, 4) is 5.75 Å². The Morgan fingerprint density at radius 1 is 1.06 bits per heavy atom. The van der Waals surface area contributed by atoms with Gasteiger partial charge in [-0.1, -0.05) is 16.8 Å². The number of quaternary nitrogens is 1. The number of primary sulfonamides is 1. The second kappa shape index (κ2) is 8.45. The molecule has 184 valence electrons. The lowest BCUT2D eigenvalue weighted by molar-refractivity contribution is -0.984. The van der Waals surface area contributed by atoms with Crippen molar-refractivity contribution in [3.05, 3.63) is 76.8 Å². The first-order valence-corrected chi connectivity index (χ1v) is 12.4. The summed E-state index contributed by atoms with van der Waals surface area (Å²) in [6.45, 7) is 0. The summed E-state index contributed by atoms with van der Waals surface area (Å²) in [4.78, 5) is 37.6. The Morgan fingerprint density at radius 3 is 2.61 bits per heavy atom. The molecule has 3 heterocycles. The standard InChI is InChI=1S/C24H22N6O5S/c1-30(2)21(31)12-14-11-15(7-8-19(14)35-30)28-22-16-9-10-26-24(32)17(16)13-27-23(22)29-18-5-3-4-6-20(18)36(25,33)34/h3-11,13,28H,12H2,1-2H3,(H3-,25,26,27,29,32,33,34)/p+1. The number of sulfonamides is 1. The molecule has 12 heteroatoms. The molecule has 0 saturated carbocycles. The number of hydrogen-bond donors (Lipinski definition) is 4. The van der Waals surface area contributed by atoms with E-state index in [9.17, 15) is 18.0 Å². The van der Waals surface area contributed by atoms with Crippen molar-refractivity contribution in [2.45, 2.75) is 11.3 Å². The molecule has 0 spiro atoms. The summed E-state index contributed by atoms with van der Waals surface area (Å²) in [6.07, 6.45) is 3.11. The number of para-hydroxylation sites is 1. The molecule has 0 fully saturated rings. The number of H-pyrrole nitrogens is 1. The second-order valence-corrected chi connectivity index (χ2v) is 10.3. The molecular weight excluding hydrogens is 484 g/mol. The van der Waals surface area contributed by atoms with Gasteiger partial charge in [0.25, 0.3) is 5.56 Å². The maximum atomic E-state index is 12.4. The van der Waals surface area contributed by atoms with E-state index in [1.807, 2.05) is 0 Å². The Labute approximate surface area is 206 Å². The summed E-state index contributed by atoms with van der Waals surface area (Å²) in [6, 6.07) is 13.2. The van der Waals surface area contributed by atoms with Crippen LogP contribution in [0.2, 0.25) is 0 Å². The molecule has 0 saturated heterocycles. The van der Waals surface area contributed by atoms with Crippen molar-refractivity contribution in [2.75, 3.05) is 24.7 Å². The summed E-state index contributed by atoms with van der Waals surface area (Å²) in [5.74, 6) is 0.769. The molecule has 4 aromatic rings. The number of aromatic nitrogens is 2. The smallest absolute Gasteiger partial charge is 0.352 e. The van der Waals surface area contributed by atoms with Crippen LogP contribution in [-0.2, 0) is 21.2 Å². The maximum absolute atomic E-state index is 12.4. The van der Waals surface area contributed by atoms with Gasteiger partial charge in [0.05, 0.1) is 23.2 Å². The number of nitrogens with one attached hydrogen (secondary N) is 3. The van der Waals surface area contributed by atoms with Gasteiger partial charge < -0.3 is 20.5 Å². The number of carbonyl (C=O) groups excluding carboxylic acids is 1. The summed E-state index contributed by atoms with van der Waals surface area (Å²) >= 11 is 0. The number of fused-ring (bicyclic) bond motifs is 2. The first kappa shape index (κ1) is 23.5. The highest BCUT2D eigenvalue weighted by Gasteiger charge is 2.36. The molecule has 11 nitrogen and oxygen atoms in total. The number of amides is 1. The predicted octanol–water partition coefficient (Wildman–Crippen LogP) is 2.51. The third-order valence-electron chi connectivity index (χ3n) is 5.87. The number of pyridine rings is 2. The van der Waals surface area contributed by atoms with E-state index in [1.165, 1.54) is 18.5 Å². The maximum Gasteiger partial charge on any atom is 0.358 e. The molecule has 36 heavy (non-hydrogen) atoms. The minimum atomic E-state index is -4.01. The molecule has 2 aromatic heterocycles. The van der Waals surface area contributed by atoms with E-state index in [-0.39, 0.29) is 38.9 Å². The van der Waals surface area contributed by atoms with Gasteiger partial charge in [-0.15, -0.1) is 0 Å². The zero-order valence-corrected chi connectivity index (χ0v) is 20.2. The highest BCUT2D eigenvalue weighted by atomic mass is 32.2. The number of likely N-dealkylation sites (N-methyl/N-ethyl adjacent to an activating group) is 1. The molecule has 1 aliphatic heterocycles. The van der Waals surface area contributed by atoms with Crippen LogP contribution >= 0.6 is 0 Å². The van der Waals surface area contributed by atoms with Crippen molar-refractivity contribution in [2.24, 2.45) is 5.14 Å². The van der Waals surface area contributed by atoms with Crippen molar-refractivity contribution in [3.63, 3.8) is 0 Å². The molecule has 1 aliphatic rings. The average Bonchev–Trinajstić information content (AvgIpc) is 2.81. The number of hydroxylamine groups is 3. The molecule has 2 aromatic carbocycles. The van der Waals surface area contributed by atoms with Gasteiger partial charge in [-0.25, -0.2) is 23.3 Å². The topological polar surface area (TPSA) is 156 Å². The van der Waals surface area contributed by atoms with Crippen LogP contribution in [0.25, 0.3) is 10.8 Å². The van der Waals surface area contributed by atoms with Crippen LogP contribution < -0.4 is 26.2 Å². The summed E-state index contributed by atoms with van der Waals surface area (Å²) < 4.78 is 24.0. The lowest BCUT2D eigenvalue weighted by atomic mass is 10.1. The number of hydrogen-bond acceptors (Lipinski definition) is 8. The molecule has 0 radical (unpaired) electrons. The number of aromatic amines is 1. The number of carbonyl (C=O) groups is 1. The first-order valence-electron chi connectivity index (χ1n) is 10.9. The molecule has 5 rings (SSSR count). The Morgan fingerprint density at radius 2 is 1.83 bits per heavy atom. The minimum absolute atomic E-state index is 0.0973. The molecule has 0 unspecified atom stereocenters. The lowest BCUT2D eigenvalue weighted by Crippen LogP contribution is -2.51. The van der Waals surface area contributed by atoms with E-state index >= 15 is 0 Å². The molecule has 5 N–H and O–H groups in total. The minimum Gasteiger partial charge on any atom is -0.352 e. The number of nitrogens with zero attached hydrogens (tertiary/aromatic N) is 2. The fourth-order valence-electron chi connectivity index (χ4n) is 4.00. The number of anilines is 4. The molecule has 0 aliphatic carbocycles. The predicted molar refractivity (Wildman–Crippen MR) is 135 cm³/mol. The van der Waals surface area contributed by atoms with Crippen LogP contribution in [0.3, 0.4) is 0 Å². The van der Waals surface area contributed by atoms with Crippen molar-refractivity contribution >= 4 is 49.6 Å². The fourth-order valence-corrected chi connectivity index (χ4v) is 4.70. The number of nitrogens with two attached hydrogens (primary N) is 1. The van der Waals surface area contributed by atoms with E-state index in [2.05, 4.69) is 20.6 Å². The fraction of sp³-hybridized carbons (Fsp3) is 0.125. The van der Waals surface area contributed by atoms with Crippen LogP contribution in [0.1, 0.15) is 5.56 Å². The van der Waals surface area contributed by atoms with Gasteiger partial charge in [-0.2, -0.15) is 0 Å². The molecule has 0 atom stereocenters. The highest BCUT2D eigenvalue weighted by Crippen LogP contribution is 2.36. The molecule has 1 amide bonds. The van der Waals surface area contributed by atoms with Gasteiger partial charge in [0.2, 0.25) is 10.0 Å². The largest absolute Gasteiger partial charge is 0.358 e. The zero-order valence-electron chi connectivity index (χ0n) is 19.4. The summed E-state index contributed by atoms with van der Waals surface area (Å²) in [5.41, 5.74) is 1.66. The van der Waals surface area contributed by atoms with E-state index in [4.69, 9.17) is 9.98 Å². The quantitative estimate of drug-likeness (QED) is 0.300.